The van der Waals surface area contributed by atoms with E-state index in [-0.39, 0.29) is 12.0 Å². The van der Waals surface area contributed by atoms with Crippen molar-refractivity contribution >= 4 is 5.91 Å². The largest absolute Gasteiger partial charge is 0.375 e. The highest BCUT2D eigenvalue weighted by molar-refractivity contribution is 5.76. The van der Waals surface area contributed by atoms with E-state index in [2.05, 4.69) is 15.6 Å². The molecule has 0 radical (unpaired) electrons. The first-order chi connectivity index (χ1) is 8.75. The second-order valence-electron chi connectivity index (χ2n) is 4.44. The molecule has 1 aliphatic rings. The molecule has 2 heterocycles. The number of rotatable bonds is 4. The summed E-state index contributed by atoms with van der Waals surface area (Å²) in [6, 6.07) is 3.88. The average Bonchev–Trinajstić information content (AvgIpc) is 2.39. The van der Waals surface area contributed by atoms with E-state index in [4.69, 9.17) is 4.74 Å². The molecule has 1 amide bonds. The van der Waals surface area contributed by atoms with Gasteiger partial charge in [-0.1, -0.05) is 6.07 Å². The summed E-state index contributed by atoms with van der Waals surface area (Å²) in [7, 11) is 0. The highest BCUT2D eigenvalue weighted by Crippen LogP contribution is 2.04. The Morgan fingerprint density at radius 2 is 2.56 bits per heavy atom. The lowest BCUT2D eigenvalue weighted by molar-refractivity contribution is -0.124. The molecule has 1 aromatic rings. The van der Waals surface area contributed by atoms with Crippen LogP contribution in [-0.2, 0) is 16.1 Å². The van der Waals surface area contributed by atoms with Crippen molar-refractivity contribution in [1.29, 1.82) is 0 Å². The number of carbonyl (C=O) groups is 1. The molecule has 5 heteroatoms. The molecule has 0 aromatic carbocycles. The predicted octanol–water partition coefficient (Wildman–Crippen LogP) is 0.385. The van der Waals surface area contributed by atoms with Crippen molar-refractivity contribution in [2.75, 3.05) is 19.7 Å². The van der Waals surface area contributed by atoms with Crippen molar-refractivity contribution in [3.63, 3.8) is 0 Å². The van der Waals surface area contributed by atoms with Crippen LogP contribution in [0.4, 0.5) is 0 Å². The fourth-order valence-corrected chi connectivity index (χ4v) is 1.92. The van der Waals surface area contributed by atoms with Crippen LogP contribution >= 0.6 is 0 Å². The highest BCUT2D eigenvalue weighted by Gasteiger charge is 2.17. The summed E-state index contributed by atoms with van der Waals surface area (Å²) < 4.78 is 5.49. The summed E-state index contributed by atoms with van der Waals surface area (Å²) in [6.07, 6.45) is 2.13. The average molecular weight is 249 g/mol. The van der Waals surface area contributed by atoms with E-state index in [1.54, 1.807) is 6.20 Å². The molecule has 1 aliphatic heterocycles. The Morgan fingerprint density at radius 3 is 3.28 bits per heavy atom. The zero-order chi connectivity index (χ0) is 12.8. The molecule has 18 heavy (non-hydrogen) atoms. The fraction of sp³-hybridized carbons (Fsp3) is 0.538. The molecular formula is C13H19N3O2. The van der Waals surface area contributed by atoms with Crippen LogP contribution in [0.1, 0.15) is 17.7 Å². The minimum absolute atomic E-state index is 0.00810. The third-order valence-electron chi connectivity index (χ3n) is 2.99. The van der Waals surface area contributed by atoms with Crippen LogP contribution in [0, 0.1) is 6.92 Å². The van der Waals surface area contributed by atoms with Gasteiger partial charge < -0.3 is 15.4 Å². The topological polar surface area (TPSA) is 63.2 Å². The van der Waals surface area contributed by atoms with Crippen LogP contribution in [0.2, 0.25) is 0 Å². The number of amides is 1. The van der Waals surface area contributed by atoms with Crippen LogP contribution in [-0.4, -0.2) is 36.7 Å². The molecule has 2 N–H and O–H groups in total. The molecule has 0 aliphatic carbocycles. The van der Waals surface area contributed by atoms with Gasteiger partial charge in [-0.25, -0.2) is 0 Å². The number of carbonyl (C=O) groups excluding carboxylic acids is 1. The Labute approximate surface area is 107 Å². The maximum Gasteiger partial charge on any atom is 0.222 e. The van der Waals surface area contributed by atoms with Gasteiger partial charge in [0.2, 0.25) is 5.91 Å². The van der Waals surface area contributed by atoms with E-state index in [9.17, 15) is 4.79 Å². The van der Waals surface area contributed by atoms with Gasteiger partial charge in [0.05, 0.1) is 31.4 Å². The Hall–Kier alpha value is -1.46. The lowest BCUT2D eigenvalue weighted by Crippen LogP contribution is -2.41. The van der Waals surface area contributed by atoms with Crippen molar-refractivity contribution in [2.24, 2.45) is 0 Å². The molecule has 1 atom stereocenters. The lowest BCUT2D eigenvalue weighted by atomic mass is 10.2. The number of aryl methyl sites for hydroxylation is 1. The van der Waals surface area contributed by atoms with E-state index in [1.807, 2.05) is 19.1 Å². The molecule has 5 nitrogen and oxygen atoms in total. The summed E-state index contributed by atoms with van der Waals surface area (Å²) in [5.41, 5.74) is 2.00. The van der Waals surface area contributed by atoms with E-state index in [0.717, 1.165) is 24.3 Å². The van der Waals surface area contributed by atoms with Crippen LogP contribution in [0.5, 0.6) is 0 Å². The number of aromatic nitrogens is 1. The SMILES string of the molecule is Cc1cccnc1CNC(=O)CC1CNCCO1. The van der Waals surface area contributed by atoms with Crippen LogP contribution in [0.25, 0.3) is 0 Å². The van der Waals surface area contributed by atoms with Crippen molar-refractivity contribution in [1.82, 2.24) is 15.6 Å². The van der Waals surface area contributed by atoms with Crippen molar-refractivity contribution in [2.45, 2.75) is 26.0 Å². The first kappa shape index (κ1) is 13.0. The number of morpholine rings is 1. The van der Waals surface area contributed by atoms with Crippen LogP contribution in [0.15, 0.2) is 18.3 Å². The van der Waals surface area contributed by atoms with Gasteiger partial charge in [0, 0.05) is 19.3 Å². The van der Waals surface area contributed by atoms with E-state index in [1.165, 1.54) is 0 Å². The summed E-state index contributed by atoms with van der Waals surface area (Å²) in [5.74, 6) is 0.00810. The molecule has 1 aromatic heterocycles. The summed E-state index contributed by atoms with van der Waals surface area (Å²) in [6.45, 7) is 4.76. The van der Waals surface area contributed by atoms with E-state index in [0.29, 0.717) is 19.6 Å². The molecule has 0 saturated carbocycles. The molecule has 1 fully saturated rings. The Morgan fingerprint density at radius 1 is 1.67 bits per heavy atom. The third-order valence-corrected chi connectivity index (χ3v) is 2.99. The first-order valence-electron chi connectivity index (χ1n) is 6.25. The fourth-order valence-electron chi connectivity index (χ4n) is 1.92. The molecule has 1 unspecified atom stereocenters. The van der Waals surface area contributed by atoms with E-state index >= 15 is 0 Å². The van der Waals surface area contributed by atoms with Gasteiger partial charge in [0.25, 0.3) is 0 Å². The van der Waals surface area contributed by atoms with Crippen molar-refractivity contribution in [3.05, 3.63) is 29.6 Å². The molecule has 0 bridgehead atoms. The van der Waals surface area contributed by atoms with Gasteiger partial charge in [-0.05, 0) is 18.6 Å². The number of nitrogens with zero attached hydrogens (tertiary/aromatic N) is 1. The maximum absolute atomic E-state index is 11.7. The Kier molecular flexibility index (Phi) is 4.66. The van der Waals surface area contributed by atoms with E-state index < -0.39 is 0 Å². The number of hydrogen-bond acceptors (Lipinski definition) is 4. The minimum Gasteiger partial charge on any atom is -0.375 e. The highest BCUT2D eigenvalue weighted by atomic mass is 16.5. The predicted molar refractivity (Wildman–Crippen MR) is 68.0 cm³/mol. The smallest absolute Gasteiger partial charge is 0.222 e. The normalized spacial score (nSPS) is 19.5. The van der Waals surface area contributed by atoms with Gasteiger partial charge in [0.15, 0.2) is 0 Å². The van der Waals surface area contributed by atoms with Crippen molar-refractivity contribution in [3.8, 4) is 0 Å². The molecule has 0 spiro atoms. The number of ether oxygens (including phenoxy) is 1. The lowest BCUT2D eigenvalue weighted by Gasteiger charge is -2.23. The summed E-state index contributed by atoms with van der Waals surface area (Å²) in [5, 5.41) is 6.08. The Balaban J connectivity index is 1.76. The minimum atomic E-state index is -0.0106. The van der Waals surface area contributed by atoms with Gasteiger partial charge in [-0.15, -0.1) is 0 Å². The molecule has 1 saturated heterocycles. The Bertz CT molecular complexity index is 403. The van der Waals surface area contributed by atoms with Gasteiger partial charge >= 0.3 is 0 Å². The second-order valence-corrected chi connectivity index (χ2v) is 4.44. The van der Waals surface area contributed by atoms with Crippen molar-refractivity contribution < 1.29 is 9.53 Å². The first-order valence-corrected chi connectivity index (χ1v) is 6.25. The van der Waals surface area contributed by atoms with Gasteiger partial charge in [-0.3, -0.25) is 9.78 Å². The maximum atomic E-state index is 11.7. The second kappa shape index (κ2) is 6.47. The standard InChI is InChI=1S/C13H19N3O2/c1-10-3-2-4-15-12(10)9-16-13(17)7-11-8-14-5-6-18-11/h2-4,11,14H,5-9H2,1H3,(H,16,17). The molecular weight excluding hydrogens is 230 g/mol. The monoisotopic (exact) mass is 249 g/mol. The summed E-state index contributed by atoms with van der Waals surface area (Å²) in [4.78, 5) is 16.0. The third kappa shape index (κ3) is 3.78. The van der Waals surface area contributed by atoms with Gasteiger partial charge in [-0.2, -0.15) is 0 Å². The quantitative estimate of drug-likeness (QED) is 0.810. The zero-order valence-corrected chi connectivity index (χ0v) is 10.6. The number of hydrogen-bond donors (Lipinski definition) is 2. The van der Waals surface area contributed by atoms with Crippen LogP contribution in [0.3, 0.4) is 0 Å². The zero-order valence-electron chi connectivity index (χ0n) is 10.6. The van der Waals surface area contributed by atoms with Gasteiger partial charge in [0.1, 0.15) is 0 Å². The molecule has 2 rings (SSSR count). The number of pyridine rings is 1. The summed E-state index contributed by atoms with van der Waals surface area (Å²) >= 11 is 0. The number of nitrogens with one attached hydrogen (secondary N) is 2. The van der Waals surface area contributed by atoms with Crippen LogP contribution < -0.4 is 10.6 Å². The molecule has 98 valence electrons.